The Morgan fingerprint density at radius 3 is 2.62 bits per heavy atom. The van der Waals surface area contributed by atoms with Crippen LogP contribution in [-0.2, 0) is 22.7 Å². The first-order valence-electron chi connectivity index (χ1n) is 8.43. The molecule has 1 saturated heterocycles. The fraction of sp³-hybridized carbons (Fsp3) is 0.300. The summed E-state index contributed by atoms with van der Waals surface area (Å²) in [7, 11) is 1.58. The molecule has 1 aliphatic rings. The Kier molecular flexibility index (Phi) is 5.93. The standard InChI is InChI=1S/C20H20BrNO4/c1-25-18-9-8-17(21)11-16(18)13-26-20(24)15-6-4-14(5-7-15)12-22-10-2-3-19(22)23/h4-9,11H,2-3,10,12-13H2,1H3. The molecule has 1 fully saturated rings. The number of likely N-dealkylation sites (tertiary alicyclic amines) is 1. The largest absolute Gasteiger partial charge is 0.496 e. The van der Waals surface area contributed by atoms with Crippen LogP contribution < -0.4 is 4.74 Å². The van der Waals surface area contributed by atoms with Gasteiger partial charge in [-0.1, -0.05) is 28.1 Å². The number of hydrogen-bond acceptors (Lipinski definition) is 4. The number of esters is 1. The van der Waals surface area contributed by atoms with Gasteiger partial charge in [0.05, 0.1) is 12.7 Å². The first-order valence-corrected chi connectivity index (χ1v) is 9.22. The van der Waals surface area contributed by atoms with Gasteiger partial charge in [-0.05, 0) is 42.3 Å². The van der Waals surface area contributed by atoms with Gasteiger partial charge in [-0.3, -0.25) is 4.79 Å². The second-order valence-electron chi connectivity index (χ2n) is 6.15. The van der Waals surface area contributed by atoms with Gasteiger partial charge in [0.25, 0.3) is 0 Å². The van der Waals surface area contributed by atoms with E-state index in [0.717, 1.165) is 28.6 Å². The second kappa shape index (κ2) is 8.36. The number of halogens is 1. The number of hydrogen-bond donors (Lipinski definition) is 0. The van der Waals surface area contributed by atoms with Crippen LogP contribution in [0.5, 0.6) is 5.75 Å². The van der Waals surface area contributed by atoms with Gasteiger partial charge in [-0.25, -0.2) is 4.79 Å². The molecule has 0 bridgehead atoms. The van der Waals surface area contributed by atoms with Crippen molar-refractivity contribution in [1.29, 1.82) is 0 Å². The van der Waals surface area contributed by atoms with E-state index in [1.165, 1.54) is 0 Å². The number of ether oxygens (including phenoxy) is 2. The highest BCUT2D eigenvalue weighted by Gasteiger charge is 2.20. The maximum atomic E-state index is 12.3. The summed E-state index contributed by atoms with van der Waals surface area (Å²) in [5.41, 5.74) is 2.28. The Morgan fingerprint density at radius 1 is 1.19 bits per heavy atom. The van der Waals surface area contributed by atoms with Crippen LogP contribution in [0.3, 0.4) is 0 Å². The predicted octanol–water partition coefficient (Wildman–Crippen LogP) is 3.94. The predicted molar refractivity (Wildman–Crippen MR) is 101 cm³/mol. The zero-order chi connectivity index (χ0) is 18.5. The first-order chi connectivity index (χ1) is 12.6. The molecule has 0 aromatic heterocycles. The van der Waals surface area contributed by atoms with Crippen molar-refractivity contribution in [3.05, 3.63) is 63.6 Å². The molecule has 0 radical (unpaired) electrons. The fourth-order valence-corrected chi connectivity index (χ4v) is 3.33. The van der Waals surface area contributed by atoms with Gasteiger partial charge in [0.1, 0.15) is 12.4 Å². The summed E-state index contributed by atoms with van der Waals surface area (Å²) in [6, 6.07) is 12.7. The quantitative estimate of drug-likeness (QED) is 0.667. The highest BCUT2D eigenvalue weighted by atomic mass is 79.9. The lowest BCUT2D eigenvalue weighted by molar-refractivity contribution is -0.128. The number of carbonyl (C=O) groups excluding carboxylic acids is 2. The molecule has 136 valence electrons. The van der Waals surface area contributed by atoms with Gasteiger partial charge < -0.3 is 14.4 Å². The van der Waals surface area contributed by atoms with Crippen LogP contribution in [0.1, 0.15) is 34.3 Å². The van der Waals surface area contributed by atoms with Crippen molar-refractivity contribution >= 4 is 27.8 Å². The van der Waals surface area contributed by atoms with E-state index in [9.17, 15) is 9.59 Å². The SMILES string of the molecule is COc1ccc(Br)cc1COC(=O)c1ccc(CN2CCCC2=O)cc1. The lowest BCUT2D eigenvalue weighted by atomic mass is 10.1. The fourth-order valence-electron chi connectivity index (χ4n) is 2.92. The van der Waals surface area contributed by atoms with Crippen molar-refractivity contribution in [2.75, 3.05) is 13.7 Å². The van der Waals surface area contributed by atoms with E-state index in [1.54, 1.807) is 19.2 Å². The van der Waals surface area contributed by atoms with E-state index in [1.807, 2.05) is 35.2 Å². The normalized spacial score (nSPS) is 13.8. The minimum absolute atomic E-state index is 0.130. The molecule has 2 aromatic rings. The third kappa shape index (κ3) is 4.43. The van der Waals surface area contributed by atoms with Crippen LogP contribution >= 0.6 is 15.9 Å². The molecular weight excluding hydrogens is 398 g/mol. The zero-order valence-electron chi connectivity index (χ0n) is 14.5. The molecule has 6 heteroatoms. The number of nitrogens with zero attached hydrogens (tertiary/aromatic N) is 1. The van der Waals surface area contributed by atoms with Crippen LogP contribution in [0.15, 0.2) is 46.9 Å². The van der Waals surface area contributed by atoms with E-state index in [-0.39, 0.29) is 12.5 Å². The third-order valence-corrected chi connectivity index (χ3v) is 4.83. The molecule has 0 spiro atoms. The first kappa shape index (κ1) is 18.5. The molecule has 3 rings (SSSR count). The van der Waals surface area contributed by atoms with E-state index in [4.69, 9.17) is 9.47 Å². The number of carbonyl (C=O) groups is 2. The van der Waals surface area contributed by atoms with Crippen LogP contribution in [-0.4, -0.2) is 30.4 Å². The van der Waals surface area contributed by atoms with Crippen molar-refractivity contribution in [3.8, 4) is 5.75 Å². The average Bonchev–Trinajstić information content (AvgIpc) is 3.05. The van der Waals surface area contributed by atoms with Gasteiger partial charge in [0.2, 0.25) is 5.91 Å². The van der Waals surface area contributed by atoms with Gasteiger partial charge in [-0.15, -0.1) is 0 Å². The highest BCUT2D eigenvalue weighted by Crippen LogP contribution is 2.24. The number of rotatable bonds is 6. The molecule has 0 saturated carbocycles. The molecule has 1 aliphatic heterocycles. The lowest BCUT2D eigenvalue weighted by Gasteiger charge is -2.15. The van der Waals surface area contributed by atoms with E-state index < -0.39 is 5.97 Å². The monoisotopic (exact) mass is 417 g/mol. The Hall–Kier alpha value is -2.34. The molecule has 26 heavy (non-hydrogen) atoms. The molecule has 1 heterocycles. The van der Waals surface area contributed by atoms with Crippen molar-refractivity contribution < 1.29 is 19.1 Å². The molecule has 0 aliphatic carbocycles. The Bertz CT molecular complexity index is 804. The zero-order valence-corrected chi connectivity index (χ0v) is 16.1. The second-order valence-corrected chi connectivity index (χ2v) is 7.06. The minimum atomic E-state index is -0.393. The molecule has 5 nitrogen and oxygen atoms in total. The third-order valence-electron chi connectivity index (χ3n) is 4.34. The summed E-state index contributed by atoms with van der Waals surface area (Å²) in [5.74, 6) is 0.471. The smallest absolute Gasteiger partial charge is 0.338 e. The molecule has 1 amide bonds. The maximum absolute atomic E-state index is 12.3. The van der Waals surface area contributed by atoms with Crippen molar-refractivity contribution in [2.45, 2.75) is 26.0 Å². The van der Waals surface area contributed by atoms with Crippen LogP contribution in [0.25, 0.3) is 0 Å². The molecule has 0 unspecified atom stereocenters. The average molecular weight is 418 g/mol. The molecule has 2 aromatic carbocycles. The summed E-state index contributed by atoms with van der Waals surface area (Å²) in [6.45, 7) is 1.52. The topological polar surface area (TPSA) is 55.8 Å². The van der Waals surface area contributed by atoms with E-state index in [0.29, 0.717) is 24.3 Å². The Balaban J connectivity index is 1.60. The Labute approximate surface area is 161 Å². The number of benzene rings is 2. The van der Waals surface area contributed by atoms with Crippen LogP contribution in [0.2, 0.25) is 0 Å². The molecule has 0 N–H and O–H groups in total. The van der Waals surface area contributed by atoms with Crippen LogP contribution in [0.4, 0.5) is 0 Å². The van der Waals surface area contributed by atoms with Gasteiger partial charge in [0, 0.05) is 29.5 Å². The van der Waals surface area contributed by atoms with Crippen molar-refractivity contribution in [3.63, 3.8) is 0 Å². The highest BCUT2D eigenvalue weighted by molar-refractivity contribution is 9.10. The minimum Gasteiger partial charge on any atom is -0.496 e. The number of methoxy groups -OCH3 is 1. The summed E-state index contributed by atoms with van der Waals surface area (Å²) in [5, 5.41) is 0. The van der Waals surface area contributed by atoms with Gasteiger partial charge in [-0.2, -0.15) is 0 Å². The molecule has 0 atom stereocenters. The van der Waals surface area contributed by atoms with E-state index in [2.05, 4.69) is 15.9 Å². The van der Waals surface area contributed by atoms with Gasteiger partial charge >= 0.3 is 5.97 Å². The summed E-state index contributed by atoms with van der Waals surface area (Å²) in [4.78, 5) is 25.8. The van der Waals surface area contributed by atoms with Crippen molar-refractivity contribution in [2.24, 2.45) is 0 Å². The van der Waals surface area contributed by atoms with Gasteiger partial charge in [0.15, 0.2) is 0 Å². The van der Waals surface area contributed by atoms with Crippen LogP contribution in [0, 0.1) is 0 Å². The van der Waals surface area contributed by atoms with E-state index >= 15 is 0 Å². The summed E-state index contributed by atoms with van der Waals surface area (Å²) in [6.07, 6.45) is 1.55. The number of amides is 1. The van der Waals surface area contributed by atoms with Crippen molar-refractivity contribution in [1.82, 2.24) is 4.90 Å². The summed E-state index contributed by atoms with van der Waals surface area (Å²) >= 11 is 3.40. The summed E-state index contributed by atoms with van der Waals surface area (Å²) < 4.78 is 11.6. The molecular formula is C20H20BrNO4. The maximum Gasteiger partial charge on any atom is 0.338 e. The Morgan fingerprint density at radius 2 is 1.96 bits per heavy atom. The lowest BCUT2D eigenvalue weighted by Crippen LogP contribution is -2.23.